The van der Waals surface area contributed by atoms with Crippen LogP contribution in [0.2, 0.25) is 4.34 Å². The molecule has 0 aliphatic carbocycles. The van der Waals surface area contributed by atoms with Crippen LogP contribution in [0.3, 0.4) is 0 Å². The Balaban J connectivity index is 2.43. The van der Waals surface area contributed by atoms with Gasteiger partial charge in [0.05, 0.1) is 4.34 Å². The highest BCUT2D eigenvalue weighted by atomic mass is 35.5. The normalized spacial score (nSPS) is 12.2. The average Bonchev–Trinajstić information content (AvgIpc) is 2.73. The fourth-order valence-corrected chi connectivity index (χ4v) is 3.36. The van der Waals surface area contributed by atoms with Crippen molar-refractivity contribution in [2.24, 2.45) is 0 Å². The molecule has 8 heteroatoms. The van der Waals surface area contributed by atoms with Gasteiger partial charge in [-0.15, -0.1) is 11.3 Å². The summed E-state index contributed by atoms with van der Waals surface area (Å²) in [6.45, 7) is 1.55. The summed E-state index contributed by atoms with van der Waals surface area (Å²) in [5.74, 6) is 0. The Morgan fingerprint density at radius 2 is 2.17 bits per heavy atom. The van der Waals surface area contributed by atoms with E-state index in [-0.39, 0.29) is 6.54 Å². The average molecular weight is 312 g/mol. The number of nitrogens with zero attached hydrogens (tertiary/aromatic N) is 1. The summed E-state index contributed by atoms with van der Waals surface area (Å²) in [5.41, 5.74) is 0. The Morgan fingerprint density at radius 3 is 2.72 bits per heavy atom. The topological polar surface area (TPSA) is 61.4 Å². The van der Waals surface area contributed by atoms with Crippen LogP contribution >= 0.6 is 22.9 Å². The minimum Gasteiger partial charge on any atom is -0.320 e. The Bertz CT molecular complexity index is 461. The molecule has 1 aromatic rings. The number of nitrogens with one attached hydrogen (secondary N) is 2. The molecule has 0 aliphatic rings. The van der Waals surface area contributed by atoms with Gasteiger partial charge in [0, 0.05) is 25.0 Å². The van der Waals surface area contributed by atoms with Crippen LogP contribution in [0.15, 0.2) is 12.1 Å². The first-order valence-corrected chi connectivity index (χ1v) is 8.19. The fourth-order valence-electron chi connectivity index (χ4n) is 1.32. The van der Waals surface area contributed by atoms with Crippen LogP contribution in [0.5, 0.6) is 0 Å². The summed E-state index contributed by atoms with van der Waals surface area (Å²) in [7, 11) is -0.00114. The van der Waals surface area contributed by atoms with Crippen molar-refractivity contribution in [2.75, 3.05) is 27.2 Å². The second-order valence-electron chi connectivity index (χ2n) is 3.81. The van der Waals surface area contributed by atoms with Gasteiger partial charge in [-0.05, 0) is 32.1 Å². The van der Waals surface area contributed by atoms with E-state index in [1.807, 2.05) is 13.1 Å². The van der Waals surface area contributed by atoms with Crippen LogP contribution in [0.25, 0.3) is 0 Å². The van der Waals surface area contributed by atoms with Gasteiger partial charge in [-0.3, -0.25) is 0 Å². The molecule has 0 saturated carbocycles. The lowest BCUT2D eigenvalue weighted by Gasteiger charge is -2.17. The van der Waals surface area contributed by atoms with Crippen molar-refractivity contribution in [3.05, 3.63) is 21.3 Å². The summed E-state index contributed by atoms with van der Waals surface area (Å²) in [4.78, 5) is 0.896. The summed E-state index contributed by atoms with van der Waals surface area (Å²) in [5, 5.41) is 2.98. The lowest BCUT2D eigenvalue weighted by Crippen LogP contribution is -2.38. The zero-order chi connectivity index (χ0) is 13.6. The molecule has 0 unspecified atom stereocenters. The van der Waals surface area contributed by atoms with Crippen LogP contribution in [-0.2, 0) is 16.8 Å². The van der Waals surface area contributed by atoms with E-state index in [1.165, 1.54) is 15.6 Å². The van der Waals surface area contributed by atoms with E-state index >= 15 is 0 Å². The van der Waals surface area contributed by atoms with E-state index in [0.29, 0.717) is 10.9 Å². The van der Waals surface area contributed by atoms with Gasteiger partial charge in [-0.25, -0.2) is 0 Å². The van der Waals surface area contributed by atoms with Crippen molar-refractivity contribution in [1.82, 2.24) is 14.3 Å². The Hall–Kier alpha value is -0.180. The Morgan fingerprint density at radius 1 is 1.44 bits per heavy atom. The smallest absolute Gasteiger partial charge is 0.279 e. The van der Waals surface area contributed by atoms with Crippen molar-refractivity contribution in [3.63, 3.8) is 0 Å². The monoisotopic (exact) mass is 311 g/mol. The predicted molar refractivity (Wildman–Crippen MR) is 76.3 cm³/mol. The van der Waals surface area contributed by atoms with Crippen molar-refractivity contribution >= 4 is 33.1 Å². The number of hydrogen-bond acceptors (Lipinski definition) is 4. The number of halogens is 1. The van der Waals surface area contributed by atoms with Crippen molar-refractivity contribution < 1.29 is 8.42 Å². The van der Waals surface area contributed by atoms with Crippen molar-refractivity contribution in [3.8, 4) is 0 Å². The quantitative estimate of drug-likeness (QED) is 0.711. The molecule has 0 bridgehead atoms. The van der Waals surface area contributed by atoms with Crippen molar-refractivity contribution in [1.29, 1.82) is 0 Å². The highest BCUT2D eigenvalue weighted by molar-refractivity contribution is 7.87. The summed E-state index contributed by atoms with van der Waals surface area (Å²) < 4.78 is 28.3. The number of rotatable bonds is 8. The molecule has 0 spiro atoms. The summed E-state index contributed by atoms with van der Waals surface area (Å²) in [6, 6.07) is 3.57. The Kier molecular flexibility index (Phi) is 6.54. The molecule has 1 aromatic heterocycles. The molecule has 0 atom stereocenters. The van der Waals surface area contributed by atoms with Crippen molar-refractivity contribution in [2.45, 2.75) is 13.0 Å². The molecule has 0 aliphatic heterocycles. The maximum atomic E-state index is 11.9. The first-order chi connectivity index (χ1) is 8.45. The zero-order valence-electron chi connectivity index (χ0n) is 10.4. The lowest BCUT2D eigenvalue weighted by atomic mass is 10.4. The third-order valence-corrected chi connectivity index (χ3v) is 5.11. The van der Waals surface area contributed by atoms with E-state index in [0.717, 1.165) is 17.8 Å². The molecule has 104 valence electrons. The van der Waals surface area contributed by atoms with E-state index in [9.17, 15) is 8.42 Å². The van der Waals surface area contributed by atoms with Crippen LogP contribution in [0.4, 0.5) is 0 Å². The molecule has 0 saturated heterocycles. The SMILES string of the molecule is CNCCCN(C)S(=O)(=O)NCc1ccc(Cl)s1. The molecule has 1 heterocycles. The Labute approximate surface area is 117 Å². The first-order valence-electron chi connectivity index (χ1n) is 5.55. The van der Waals surface area contributed by atoms with Gasteiger partial charge in [-0.1, -0.05) is 11.6 Å². The second kappa shape index (κ2) is 7.42. The number of thiophene rings is 1. The third-order valence-electron chi connectivity index (χ3n) is 2.37. The highest BCUT2D eigenvalue weighted by Gasteiger charge is 2.16. The van der Waals surface area contributed by atoms with Gasteiger partial charge in [0.2, 0.25) is 0 Å². The van der Waals surface area contributed by atoms with Gasteiger partial charge < -0.3 is 5.32 Å². The maximum Gasteiger partial charge on any atom is 0.279 e. The van der Waals surface area contributed by atoms with Gasteiger partial charge in [0.1, 0.15) is 0 Å². The molecular weight excluding hydrogens is 294 g/mol. The standard InChI is InChI=1S/C10H18ClN3O2S2/c1-12-6-3-7-14(2)18(15,16)13-8-9-4-5-10(11)17-9/h4-5,12-13H,3,6-8H2,1-2H3. The first kappa shape index (κ1) is 15.9. The number of hydrogen-bond donors (Lipinski definition) is 2. The lowest BCUT2D eigenvalue weighted by molar-refractivity contribution is 0.448. The highest BCUT2D eigenvalue weighted by Crippen LogP contribution is 2.21. The molecule has 0 fully saturated rings. The van der Waals surface area contributed by atoms with Crippen LogP contribution in [0, 0.1) is 0 Å². The van der Waals surface area contributed by atoms with E-state index in [2.05, 4.69) is 10.0 Å². The van der Waals surface area contributed by atoms with Crippen LogP contribution in [0.1, 0.15) is 11.3 Å². The van der Waals surface area contributed by atoms with E-state index in [1.54, 1.807) is 13.1 Å². The molecule has 5 nitrogen and oxygen atoms in total. The van der Waals surface area contributed by atoms with Gasteiger partial charge in [0.25, 0.3) is 10.2 Å². The minimum atomic E-state index is -3.41. The van der Waals surface area contributed by atoms with E-state index in [4.69, 9.17) is 11.6 Å². The maximum absolute atomic E-state index is 11.9. The zero-order valence-corrected chi connectivity index (χ0v) is 12.8. The second-order valence-corrected chi connectivity index (χ2v) is 7.47. The predicted octanol–water partition coefficient (Wildman–Crippen LogP) is 1.28. The van der Waals surface area contributed by atoms with Gasteiger partial charge >= 0.3 is 0 Å². The third kappa shape index (κ3) is 5.21. The van der Waals surface area contributed by atoms with E-state index < -0.39 is 10.2 Å². The van der Waals surface area contributed by atoms with Crippen LogP contribution < -0.4 is 10.0 Å². The molecule has 2 N–H and O–H groups in total. The molecular formula is C10H18ClN3O2S2. The molecule has 0 aromatic carbocycles. The van der Waals surface area contributed by atoms with Crippen LogP contribution in [-0.4, -0.2) is 39.9 Å². The molecule has 0 radical (unpaired) electrons. The molecule has 0 amide bonds. The summed E-state index contributed by atoms with van der Waals surface area (Å²) in [6.07, 6.45) is 0.777. The van der Waals surface area contributed by atoms with Gasteiger partial charge in [-0.2, -0.15) is 17.4 Å². The fraction of sp³-hybridized carbons (Fsp3) is 0.600. The molecule has 1 rings (SSSR count). The van der Waals surface area contributed by atoms with Gasteiger partial charge in [0.15, 0.2) is 0 Å². The minimum absolute atomic E-state index is 0.274. The largest absolute Gasteiger partial charge is 0.320 e. The molecule has 18 heavy (non-hydrogen) atoms. The summed E-state index contributed by atoms with van der Waals surface area (Å²) >= 11 is 7.15.